The molecule has 3 fully saturated rings. The van der Waals surface area contributed by atoms with Crippen LogP contribution < -0.4 is 5.32 Å². The van der Waals surface area contributed by atoms with Crippen LogP contribution in [-0.2, 0) is 9.47 Å². The van der Waals surface area contributed by atoms with E-state index in [1.165, 1.54) is 12.8 Å². The Labute approximate surface area is 72.4 Å². The van der Waals surface area contributed by atoms with Crippen LogP contribution in [0.25, 0.3) is 0 Å². The zero-order chi connectivity index (χ0) is 8.02. The Hall–Kier alpha value is -0.120. The van der Waals surface area contributed by atoms with Crippen LogP contribution in [0, 0.1) is 0 Å². The molecule has 1 spiro atoms. The largest absolute Gasteiger partial charge is 0.375 e. The summed E-state index contributed by atoms with van der Waals surface area (Å²) in [5, 5.41) is 3.47. The first-order valence-electron chi connectivity index (χ1n) is 4.91. The van der Waals surface area contributed by atoms with Crippen molar-refractivity contribution in [1.29, 1.82) is 0 Å². The van der Waals surface area contributed by atoms with E-state index in [4.69, 9.17) is 9.47 Å². The van der Waals surface area contributed by atoms with Gasteiger partial charge >= 0.3 is 0 Å². The standard InChI is InChI=1S/C9H15NO2/c1-2-8-6-9(5-7(1)12-8)10-3-4-11-9/h7-8,10H,1-6H2. The average Bonchev–Trinajstić information content (AvgIpc) is 2.60. The summed E-state index contributed by atoms with van der Waals surface area (Å²) in [7, 11) is 0. The van der Waals surface area contributed by atoms with Gasteiger partial charge in [0.25, 0.3) is 0 Å². The Morgan fingerprint density at radius 1 is 1.17 bits per heavy atom. The molecule has 3 rings (SSSR count). The normalized spacial score (nSPS) is 52.0. The summed E-state index contributed by atoms with van der Waals surface area (Å²) in [6.45, 7) is 1.89. The van der Waals surface area contributed by atoms with Crippen molar-refractivity contribution in [2.75, 3.05) is 13.2 Å². The zero-order valence-corrected chi connectivity index (χ0v) is 7.21. The van der Waals surface area contributed by atoms with Crippen molar-refractivity contribution in [2.24, 2.45) is 0 Å². The molecule has 3 saturated heterocycles. The highest BCUT2D eigenvalue weighted by molar-refractivity contribution is 4.96. The maximum absolute atomic E-state index is 5.77. The third kappa shape index (κ3) is 1.00. The number of fused-ring (bicyclic) bond motifs is 2. The molecule has 0 radical (unpaired) electrons. The summed E-state index contributed by atoms with van der Waals surface area (Å²) in [6, 6.07) is 0. The molecule has 68 valence electrons. The zero-order valence-electron chi connectivity index (χ0n) is 7.21. The quantitative estimate of drug-likeness (QED) is 0.577. The van der Waals surface area contributed by atoms with Gasteiger partial charge in [-0.2, -0.15) is 0 Å². The van der Waals surface area contributed by atoms with Gasteiger partial charge in [-0.25, -0.2) is 0 Å². The number of hydrogen-bond donors (Lipinski definition) is 1. The molecule has 0 saturated carbocycles. The molecule has 3 aliphatic rings. The fourth-order valence-electron chi connectivity index (χ4n) is 2.74. The summed E-state index contributed by atoms with van der Waals surface area (Å²) < 4.78 is 11.5. The molecule has 0 aromatic heterocycles. The van der Waals surface area contributed by atoms with E-state index in [1.807, 2.05) is 0 Å². The predicted molar refractivity (Wildman–Crippen MR) is 43.8 cm³/mol. The highest BCUT2D eigenvalue weighted by Gasteiger charge is 2.47. The van der Waals surface area contributed by atoms with E-state index in [2.05, 4.69) is 5.32 Å². The molecule has 0 aromatic carbocycles. The lowest BCUT2D eigenvalue weighted by atomic mass is 10.00. The second kappa shape index (κ2) is 2.44. The maximum atomic E-state index is 5.77. The highest BCUT2D eigenvalue weighted by atomic mass is 16.5. The summed E-state index contributed by atoms with van der Waals surface area (Å²) in [5.41, 5.74) is 0.00405. The minimum atomic E-state index is 0.00405. The van der Waals surface area contributed by atoms with Crippen LogP contribution in [0.5, 0.6) is 0 Å². The third-order valence-electron chi connectivity index (χ3n) is 3.24. The van der Waals surface area contributed by atoms with Crippen molar-refractivity contribution >= 4 is 0 Å². The lowest BCUT2D eigenvalue weighted by molar-refractivity contribution is -0.129. The molecular weight excluding hydrogens is 154 g/mol. The predicted octanol–water partition coefficient (Wildman–Crippen LogP) is 0.644. The van der Waals surface area contributed by atoms with Crippen LogP contribution in [0.2, 0.25) is 0 Å². The van der Waals surface area contributed by atoms with E-state index in [0.717, 1.165) is 26.0 Å². The summed E-state index contributed by atoms with van der Waals surface area (Å²) in [4.78, 5) is 0. The van der Waals surface area contributed by atoms with Gasteiger partial charge in [-0.1, -0.05) is 0 Å². The average molecular weight is 169 g/mol. The minimum absolute atomic E-state index is 0.00405. The van der Waals surface area contributed by atoms with E-state index in [0.29, 0.717) is 12.2 Å². The second-order valence-electron chi connectivity index (χ2n) is 4.14. The van der Waals surface area contributed by atoms with Gasteiger partial charge in [0, 0.05) is 19.4 Å². The fourth-order valence-corrected chi connectivity index (χ4v) is 2.74. The van der Waals surface area contributed by atoms with Crippen LogP contribution in [0.4, 0.5) is 0 Å². The first-order valence-corrected chi connectivity index (χ1v) is 4.91. The van der Waals surface area contributed by atoms with Crippen molar-refractivity contribution in [3.05, 3.63) is 0 Å². The topological polar surface area (TPSA) is 30.5 Å². The van der Waals surface area contributed by atoms with E-state index < -0.39 is 0 Å². The molecule has 3 aliphatic heterocycles. The number of ether oxygens (including phenoxy) is 2. The van der Waals surface area contributed by atoms with Crippen LogP contribution >= 0.6 is 0 Å². The molecule has 3 nitrogen and oxygen atoms in total. The van der Waals surface area contributed by atoms with Gasteiger partial charge in [0.1, 0.15) is 5.72 Å². The molecule has 0 amide bonds. The van der Waals surface area contributed by atoms with Gasteiger partial charge in [0.15, 0.2) is 0 Å². The Morgan fingerprint density at radius 2 is 1.92 bits per heavy atom. The van der Waals surface area contributed by atoms with Crippen molar-refractivity contribution < 1.29 is 9.47 Å². The molecule has 3 heterocycles. The molecule has 3 heteroatoms. The summed E-state index contributed by atoms with van der Waals surface area (Å²) in [6.07, 6.45) is 5.52. The Bertz CT molecular complexity index is 175. The smallest absolute Gasteiger partial charge is 0.124 e. The summed E-state index contributed by atoms with van der Waals surface area (Å²) in [5.74, 6) is 0. The van der Waals surface area contributed by atoms with Gasteiger partial charge in [-0.05, 0) is 12.8 Å². The molecule has 1 N–H and O–H groups in total. The molecule has 2 atom stereocenters. The molecule has 12 heavy (non-hydrogen) atoms. The monoisotopic (exact) mass is 169 g/mol. The van der Waals surface area contributed by atoms with E-state index in [-0.39, 0.29) is 5.72 Å². The van der Waals surface area contributed by atoms with Gasteiger partial charge in [-0.15, -0.1) is 0 Å². The van der Waals surface area contributed by atoms with Crippen LogP contribution in [0.1, 0.15) is 25.7 Å². The third-order valence-corrected chi connectivity index (χ3v) is 3.24. The van der Waals surface area contributed by atoms with Gasteiger partial charge in [0.05, 0.1) is 18.8 Å². The van der Waals surface area contributed by atoms with Gasteiger partial charge in [-0.3, -0.25) is 5.32 Å². The first kappa shape index (κ1) is 7.30. The Kier molecular flexibility index (Phi) is 1.48. The highest BCUT2D eigenvalue weighted by Crippen LogP contribution is 2.39. The second-order valence-corrected chi connectivity index (χ2v) is 4.14. The van der Waals surface area contributed by atoms with Gasteiger partial charge in [0.2, 0.25) is 0 Å². The van der Waals surface area contributed by atoms with Crippen LogP contribution in [0.15, 0.2) is 0 Å². The van der Waals surface area contributed by atoms with Gasteiger partial charge < -0.3 is 9.47 Å². The van der Waals surface area contributed by atoms with Crippen LogP contribution in [-0.4, -0.2) is 31.1 Å². The molecule has 2 unspecified atom stereocenters. The lowest BCUT2D eigenvalue weighted by Gasteiger charge is -2.36. The van der Waals surface area contributed by atoms with E-state index >= 15 is 0 Å². The number of hydrogen-bond acceptors (Lipinski definition) is 3. The van der Waals surface area contributed by atoms with E-state index in [1.54, 1.807) is 0 Å². The van der Waals surface area contributed by atoms with Crippen molar-refractivity contribution in [2.45, 2.75) is 43.6 Å². The van der Waals surface area contributed by atoms with Crippen molar-refractivity contribution in [3.8, 4) is 0 Å². The first-order chi connectivity index (χ1) is 5.86. The summed E-state index contributed by atoms with van der Waals surface area (Å²) >= 11 is 0. The number of rotatable bonds is 0. The van der Waals surface area contributed by atoms with Crippen molar-refractivity contribution in [1.82, 2.24) is 5.32 Å². The fraction of sp³-hybridized carbons (Fsp3) is 1.00. The molecular formula is C9H15NO2. The van der Waals surface area contributed by atoms with Crippen molar-refractivity contribution in [3.63, 3.8) is 0 Å². The van der Waals surface area contributed by atoms with E-state index in [9.17, 15) is 0 Å². The maximum Gasteiger partial charge on any atom is 0.124 e. The molecule has 0 aliphatic carbocycles. The van der Waals surface area contributed by atoms with Crippen LogP contribution in [0.3, 0.4) is 0 Å². The Balaban J connectivity index is 1.80. The molecule has 0 aromatic rings. The SMILES string of the molecule is C1COC2(CC3CCC(C2)O3)N1. The minimum Gasteiger partial charge on any atom is -0.375 e. The number of nitrogens with one attached hydrogen (secondary N) is 1. The Morgan fingerprint density at radius 3 is 2.50 bits per heavy atom. The molecule has 2 bridgehead atoms. The lowest BCUT2D eigenvalue weighted by Crippen LogP contribution is -2.49.